The largest absolute Gasteiger partial charge is 0.303 e. The van der Waals surface area contributed by atoms with E-state index >= 15 is 0 Å². The van der Waals surface area contributed by atoms with Gasteiger partial charge in [-0.05, 0) is 36.6 Å². The highest BCUT2D eigenvalue weighted by Crippen LogP contribution is 2.23. The second-order valence-electron chi connectivity index (χ2n) is 4.96. The summed E-state index contributed by atoms with van der Waals surface area (Å²) in [7, 11) is 0. The molecule has 2 rings (SSSR count). The minimum atomic E-state index is -0.540. The van der Waals surface area contributed by atoms with Gasteiger partial charge in [-0.25, -0.2) is 8.78 Å². The lowest BCUT2D eigenvalue weighted by Gasteiger charge is -2.23. The molecule has 0 aliphatic carbocycles. The monoisotopic (exact) mass is 275 g/mol. The lowest BCUT2D eigenvalue weighted by molar-refractivity contribution is 0.452. The number of nitrogens with one attached hydrogen (secondary N) is 1. The SMILES string of the molecule is CCC(NC(C)c1cc(F)cc(F)c1)c1ccccc1. The minimum absolute atomic E-state index is 0.120. The van der Waals surface area contributed by atoms with Crippen molar-refractivity contribution in [2.24, 2.45) is 0 Å². The molecule has 2 atom stereocenters. The summed E-state index contributed by atoms with van der Waals surface area (Å²) < 4.78 is 26.5. The second kappa shape index (κ2) is 6.62. The summed E-state index contributed by atoms with van der Waals surface area (Å²) in [6, 6.07) is 13.8. The molecule has 0 saturated carbocycles. The van der Waals surface area contributed by atoms with E-state index in [2.05, 4.69) is 24.4 Å². The molecule has 0 amide bonds. The molecule has 0 heterocycles. The first-order chi connectivity index (χ1) is 9.60. The highest BCUT2D eigenvalue weighted by Gasteiger charge is 2.14. The summed E-state index contributed by atoms with van der Waals surface area (Å²) in [5.74, 6) is -1.08. The third kappa shape index (κ3) is 3.64. The van der Waals surface area contributed by atoms with Gasteiger partial charge in [-0.15, -0.1) is 0 Å². The highest BCUT2D eigenvalue weighted by atomic mass is 19.1. The number of hydrogen-bond donors (Lipinski definition) is 1. The topological polar surface area (TPSA) is 12.0 Å². The molecule has 0 aromatic heterocycles. The van der Waals surface area contributed by atoms with Crippen LogP contribution in [0.5, 0.6) is 0 Å². The van der Waals surface area contributed by atoms with Crippen molar-refractivity contribution in [3.63, 3.8) is 0 Å². The molecule has 0 radical (unpaired) electrons. The van der Waals surface area contributed by atoms with Gasteiger partial charge >= 0.3 is 0 Å². The third-order valence-corrected chi connectivity index (χ3v) is 3.45. The van der Waals surface area contributed by atoms with Gasteiger partial charge in [0.25, 0.3) is 0 Å². The molecule has 20 heavy (non-hydrogen) atoms. The first-order valence-electron chi connectivity index (χ1n) is 6.87. The van der Waals surface area contributed by atoms with Crippen LogP contribution in [0.25, 0.3) is 0 Å². The smallest absolute Gasteiger partial charge is 0.126 e. The van der Waals surface area contributed by atoms with E-state index < -0.39 is 11.6 Å². The standard InChI is InChI=1S/C17H19F2N/c1-3-17(13-7-5-4-6-8-13)20-12(2)14-9-15(18)11-16(19)10-14/h4-12,17,20H,3H2,1-2H3. The molecular weight excluding hydrogens is 256 g/mol. The number of benzene rings is 2. The van der Waals surface area contributed by atoms with Gasteiger partial charge < -0.3 is 5.32 Å². The lowest BCUT2D eigenvalue weighted by Crippen LogP contribution is -2.24. The van der Waals surface area contributed by atoms with E-state index in [4.69, 9.17) is 0 Å². The second-order valence-corrected chi connectivity index (χ2v) is 4.96. The minimum Gasteiger partial charge on any atom is -0.303 e. The van der Waals surface area contributed by atoms with E-state index in [1.165, 1.54) is 17.7 Å². The molecule has 0 saturated heterocycles. The van der Waals surface area contributed by atoms with Crippen molar-refractivity contribution in [1.82, 2.24) is 5.32 Å². The molecule has 2 unspecified atom stereocenters. The predicted molar refractivity (Wildman–Crippen MR) is 77.4 cm³/mol. The molecule has 0 fully saturated rings. The summed E-state index contributed by atoms with van der Waals surface area (Å²) in [6.45, 7) is 4.00. The van der Waals surface area contributed by atoms with E-state index in [0.29, 0.717) is 5.56 Å². The van der Waals surface area contributed by atoms with Gasteiger partial charge in [0.2, 0.25) is 0 Å². The molecule has 1 nitrogen and oxygen atoms in total. The summed E-state index contributed by atoms with van der Waals surface area (Å²) in [5.41, 5.74) is 1.80. The van der Waals surface area contributed by atoms with Gasteiger partial charge in [0, 0.05) is 18.2 Å². The lowest BCUT2D eigenvalue weighted by atomic mass is 10.0. The fraction of sp³-hybridized carbons (Fsp3) is 0.294. The molecule has 3 heteroatoms. The van der Waals surface area contributed by atoms with Crippen LogP contribution in [0, 0.1) is 11.6 Å². The zero-order chi connectivity index (χ0) is 14.5. The van der Waals surface area contributed by atoms with Gasteiger partial charge in [0.15, 0.2) is 0 Å². The molecule has 2 aromatic rings. The molecule has 0 aliphatic heterocycles. The van der Waals surface area contributed by atoms with Gasteiger partial charge in [-0.3, -0.25) is 0 Å². The van der Waals surface area contributed by atoms with Crippen LogP contribution in [-0.4, -0.2) is 0 Å². The van der Waals surface area contributed by atoms with Crippen LogP contribution < -0.4 is 5.32 Å². The number of rotatable bonds is 5. The van der Waals surface area contributed by atoms with Crippen LogP contribution in [-0.2, 0) is 0 Å². The van der Waals surface area contributed by atoms with Gasteiger partial charge in [0.1, 0.15) is 11.6 Å². The quantitative estimate of drug-likeness (QED) is 0.829. The zero-order valence-electron chi connectivity index (χ0n) is 11.7. The Morgan fingerprint density at radius 3 is 2.10 bits per heavy atom. The van der Waals surface area contributed by atoms with Crippen LogP contribution in [0.2, 0.25) is 0 Å². The fourth-order valence-electron chi connectivity index (χ4n) is 2.36. The molecular formula is C17H19F2N. The van der Waals surface area contributed by atoms with E-state index in [0.717, 1.165) is 12.5 Å². The molecule has 0 bridgehead atoms. The van der Waals surface area contributed by atoms with Crippen LogP contribution in [0.1, 0.15) is 43.5 Å². The van der Waals surface area contributed by atoms with Crippen LogP contribution >= 0.6 is 0 Å². The van der Waals surface area contributed by atoms with Crippen molar-refractivity contribution >= 4 is 0 Å². The summed E-state index contributed by atoms with van der Waals surface area (Å²) in [6.07, 6.45) is 0.909. The molecule has 0 aliphatic rings. The van der Waals surface area contributed by atoms with Crippen LogP contribution in [0.15, 0.2) is 48.5 Å². The maximum absolute atomic E-state index is 13.3. The normalized spacial score (nSPS) is 14.0. The molecule has 106 valence electrons. The predicted octanol–water partition coefficient (Wildman–Crippen LogP) is 4.77. The Bertz CT molecular complexity index is 534. The summed E-state index contributed by atoms with van der Waals surface area (Å²) in [4.78, 5) is 0. The number of hydrogen-bond acceptors (Lipinski definition) is 1. The van der Waals surface area contributed by atoms with Crippen molar-refractivity contribution in [2.45, 2.75) is 32.4 Å². The fourth-order valence-corrected chi connectivity index (χ4v) is 2.36. The molecule has 2 aromatic carbocycles. The van der Waals surface area contributed by atoms with E-state index in [1.54, 1.807) is 0 Å². The van der Waals surface area contributed by atoms with Gasteiger partial charge in [0.05, 0.1) is 0 Å². The Labute approximate surface area is 118 Å². The first-order valence-corrected chi connectivity index (χ1v) is 6.87. The van der Waals surface area contributed by atoms with Crippen LogP contribution in [0.4, 0.5) is 8.78 Å². The summed E-state index contributed by atoms with van der Waals surface area (Å²) in [5, 5.41) is 3.42. The van der Waals surface area contributed by atoms with Crippen molar-refractivity contribution in [1.29, 1.82) is 0 Å². The van der Waals surface area contributed by atoms with E-state index in [9.17, 15) is 8.78 Å². The average Bonchev–Trinajstić information content (AvgIpc) is 2.44. The summed E-state index contributed by atoms with van der Waals surface area (Å²) >= 11 is 0. The molecule has 1 N–H and O–H groups in total. The van der Waals surface area contributed by atoms with Crippen molar-refractivity contribution < 1.29 is 8.78 Å². The zero-order valence-corrected chi connectivity index (χ0v) is 11.7. The number of halogens is 2. The Morgan fingerprint density at radius 2 is 1.55 bits per heavy atom. The average molecular weight is 275 g/mol. The maximum atomic E-state index is 13.3. The van der Waals surface area contributed by atoms with E-state index in [-0.39, 0.29) is 12.1 Å². The molecule has 0 spiro atoms. The van der Waals surface area contributed by atoms with Gasteiger partial charge in [-0.1, -0.05) is 37.3 Å². The highest BCUT2D eigenvalue weighted by molar-refractivity contribution is 5.23. The Hall–Kier alpha value is -1.74. The van der Waals surface area contributed by atoms with Gasteiger partial charge in [-0.2, -0.15) is 0 Å². The van der Waals surface area contributed by atoms with Crippen molar-refractivity contribution in [3.05, 3.63) is 71.3 Å². The Balaban J connectivity index is 2.15. The maximum Gasteiger partial charge on any atom is 0.126 e. The first kappa shape index (κ1) is 14.7. The Morgan fingerprint density at radius 1 is 0.950 bits per heavy atom. The third-order valence-electron chi connectivity index (χ3n) is 3.45. The van der Waals surface area contributed by atoms with E-state index in [1.807, 2.05) is 25.1 Å². The van der Waals surface area contributed by atoms with Crippen molar-refractivity contribution in [2.75, 3.05) is 0 Å². The Kier molecular flexibility index (Phi) is 4.85. The van der Waals surface area contributed by atoms with Crippen LogP contribution in [0.3, 0.4) is 0 Å². The van der Waals surface area contributed by atoms with Crippen molar-refractivity contribution in [3.8, 4) is 0 Å².